The molecule has 7 heteroatoms. The van der Waals surface area contributed by atoms with Gasteiger partial charge in [0.05, 0.1) is 17.4 Å². The van der Waals surface area contributed by atoms with Crippen molar-refractivity contribution in [3.63, 3.8) is 0 Å². The van der Waals surface area contributed by atoms with Gasteiger partial charge in [-0.3, -0.25) is 0 Å². The molecule has 104 valence electrons. The summed E-state index contributed by atoms with van der Waals surface area (Å²) < 4.78 is 24.4. The lowest BCUT2D eigenvalue weighted by Gasteiger charge is -2.22. The largest absolute Gasteiger partial charge is 0.317 e. The van der Waals surface area contributed by atoms with Crippen LogP contribution < -0.4 is 5.32 Å². The highest BCUT2D eigenvalue weighted by Crippen LogP contribution is 2.19. The van der Waals surface area contributed by atoms with Gasteiger partial charge in [-0.25, -0.2) is 13.4 Å². The number of halogens is 1. The van der Waals surface area contributed by atoms with Crippen LogP contribution in [-0.2, 0) is 9.84 Å². The van der Waals surface area contributed by atoms with Gasteiger partial charge < -0.3 is 5.32 Å². The van der Waals surface area contributed by atoms with E-state index in [1.807, 2.05) is 6.07 Å². The Morgan fingerprint density at radius 1 is 1.42 bits per heavy atom. The molecule has 1 aliphatic rings. The molecule has 1 N–H and O–H groups in total. The highest BCUT2D eigenvalue weighted by atomic mass is 35.5. The van der Waals surface area contributed by atoms with Crippen molar-refractivity contribution >= 4 is 22.2 Å². The maximum Gasteiger partial charge on any atom is 0.195 e. The first-order chi connectivity index (χ1) is 8.62. The minimum atomic E-state index is -3.38. The summed E-state index contributed by atoms with van der Waals surface area (Å²) in [6.45, 7) is 1.73. The number of rotatable bonds is 3. The minimum absolute atomic E-state index is 0. The van der Waals surface area contributed by atoms with Gasteiger partial charge in [-0.2, -0.15) is 5.26 Å². The number of piperidine rings is 1. The van der Waals surface area contributed by atoms with Crippen LogP contribution in [0.4, 0.5) is 0 Å². The van der Waals surface area contributed by atoms with E-state index in [0.29, 0.717) is 5.56 Å². The molecule has 0 radical (unpaired) electrons. The van der Waals surface area contributed by atoms with Crippen LogP contribution in [0.15, 0.2) is 23.4 Å². The van der Waals surface area contributed by atoms with Crippen LogP contribution in [0.1, 0.15) is 18.4 Å². The molecule has 2 rings (SSSR count). The minimum Gasteiger partial charge on any atom is -0.317 e. The van der Waals surface area contributed by atoms with E-state index in [0.717, 1.165) is 25.9 Å². The van der Waals surface area contributed by atoms with Gasteiger partial charge in [-0.15, -0.1) is 12.4 Å². The van der Waals surface area contributed by atoms with Crippen LogP contribution in [0.25, 0.3) is 0 Å². The summed E-state index contributed by atoms with van der Waals surface area (Å²) in [7, 11) is -3.38. The molecule has 5 nitrogen and oxygen atoms in total. The molecule has 0 saturated carbocycles. The zero-order chi connectivity index (χ0) is 13.0. The second-order valence-electron chi connectivity index (χ2n) is 4.47. The van der Waals surface area contributed by atoms with Crippen LogP contribution in [-0.4, -0.2) is 32.2 Å². The molecule has 1 fully saturated rings. The molecule has 1 aromatic heterocycles. The summed E-state index contributed by atoms with van der Waals surface area (Å²) in [5.41, 5.74) is 0.328. The molecule has 0 aliphatic carbocycles. The first-order valence-corrected chi connectivity index (χ1v) is 7.57. The summed E-state index contributed by atoms with van der Waals surface area (Å²) in [5.74, 6) is 0.306. The third-order valence-electron chi connectivity index (χ3n) is 3.10. The van der Waals surface area contributed by atoms with E-state index in [1.165, 1.54) is 18.3 Å². The highest BCUT2D eigenvalue weighted by molar-refractivity contribution is 7.91. The summed E-state index contributed by atoms with van der Waals surface area (Å²) in [5, 5.41) is 12.0. The molecule has 1 aromatic rings. The average molecular weight is 302 g/mol. The summed E-state index contributed by atoms with van der Waals surface area (Å²) >= 11 is 0. The summed E-state index contributed by atoms with van der Waals surface area (Å²) in [6, 6.07) is 4.78. The van der Waals surface area contributed by atoms with Gasteiger partial charge in [0.2, 0.25) is 0 Å². The smallest absolute Gasteiger partial charge is 0.195 e. The van der Waals surface area contributed by atoms with Crippen molar-refractivity contribution in [3.8, 4) is 6.07 Å². The normalized spacial score (nSPS) is 16.4. The topological polar surface area (TPSA) is 82.8 Å². The zero-order valence-electron chi connectivity index (χ0n) is 10.4. The van der Waals surface area contributed by atoms with E-state index in [2.05, 4.69) is 10.3 Å². The van der Waals surface area contributed by atoms with Crippen LogP contribution in [0, 0.1) is 17.2 Å². The van der Waals surface area contributed by atoms with Gasteiger partial charge in [0, 0.05) is 6.20 Å². The number of nitriles is 1. The molecule has 1 aliphatic heterocycles. The van der Waals surface area contributed by atoms with E-state index in [9.17, 15) is 8.42 Å². The van der Waals surface area contributed by atoms with Gasteiger partial charge in [0.15, 0.2) is 14.9 Å². The fourth-order valence-electron chi connectivity index (χ4n) is 2.09. The molecule has 0 amide bonds. The lowest BCUT2D eigenvalue weighted by atomic mass is 10.0. The highest BCUT2D eigenvalue weighted by Gasteiger charge is 2.24. The zero-order valence-corrected chi connectivity index (χ0v) is 12.0. The molecule has 0 spiro atoms. The standard InChI is InChI=1S/C12H15N3O2S.ClH/c13-8-11-3-6-15-12(7-11)18(16,17)9-10-1-4-14-5-2-10;/h3,6-7,10,14H,1-2,4-5,9H2;1H. The number of nitrogens with one attached hydrogen (secondary N) is 1. The summed E-state index contributed by atoms with van der Waals surface area (Å²) in [6.07, 6.45) is 3.11. The van der Waals surface area contributed by atoms with Gasteiger partial charge in [0.25, 0.3) is 0 Å². The molecule has 0 unspecified atom stereocenters. The molecule has 0 atom stereocenters. The average Bonchev–Trinajstić information content (AvgIpc) is 2.39. The maximum absolute atomic E-state index is 12.2. The second kappa shape index (κ2) is 6.85. The fraction of sp³-hybridized carbons (Fsp3) is 0.500. The first-order valence-electron chi connectivity index (χ1n) is 5.91. The Hall–Kier alpha value is -1.16. The quantitative estimate of drug-likeness (QED) is 0.905. The van der Waals surface area contributed by atoms with Crippen LogP contribution in [0.5, 0.6) is 0 Å². The van der Waals surface area contributed by atoms with Crippen molar-refractivity contribution in [2.45, 2.75) is 17.9 Å². The van der Waals surface area contributed by atoms with Gasteiger partial charge in [-0.05, 0) is 44.0 Å². The van der Waals surface area contributed by atoms with Crippen LogP contribution >= 0.6 is 12.4 Å². The Morgan fingerprint density at radius 2 is 2.11 bits per heavy atom. The lowest BCUT2D eigenvalue weighted by molar-refractivity contribution is 0.401. The predicted octanol–water partition coefficient (Wildman–Crippen LogP) is 1.15. The number of hydrogen-bond donors (Lipinski definition) is 1. The molecule has 19 heavy (non-hydrogen) atoms. The van der Waals surface area contributed by atoms with E-state index in [-0.39, 0.29) is 29.1 Å². The third-order valence-corrected chi connectivity index (χ3v) is 4.87. The van der Waals surface area contributed by atoms with Crippen LogP contribution in [0.3, 0.4) is 0 Å². The SMILES string of the molecule is Cl.N#Cc1ccnc(S(=O)(=O)CC2CCNCC2)c1. The molecule has 0 aromatic carbocycles. The molecule has 1 saturated heterocycles. The van der Waals surface area contributed by atoms with Crippen molar-refractivity contribution in [2.24, 2.45) is 5.92 Å². The molecular weight excluding hydrogens is 286 g/mol. The van der Waals surface area contributed by atoms with E-state index >= 15 is 0 Å². The molecular formula is C12H16ClN3O2S. The van der Waals surface area contributed by atoms with Crippen molar-refractivity contribution in [1.82, 2.24) is 10.3 Å². The van der Waals surface area contributed by atoms with Crippen LogP contribution in [0.2, 0.25) is 0 Å². The van der Waals surface area contributed by atoms with Gasteiger partial charge in [-0.1, -0.05) is 0 Å². The van der Waals surface area contributed by atoms with Crippen molar-refractivity contribution in [2.75, 3.05) is 18.8 Å². The molecule has 0 bridgehead atoms. The Kier molecular flexibility index (Phi) is 5.73. The van der Waals surface area contributed by atoms with E-state index < -0.39 is 9.84 Å². The van der Waals surface area contributed by atoms with Crippen molar-refractivity contribution in [1.29, 1.82) is 5.26 Å². The van der Waals surface area contributed by atoms with Crippen molar-refractivity contribution in [3.05, 3.63) is 23.9 Å². The fourth-order valence-corrected chi connectivity index (χ4v) is 3.75. The number of sulfone groups is 1. The Balaban J connectivity index is 0.00000180. The molecule has 2 heterocycles. The number of aromatic nitrogens is 1. The van der Waals surface area contributed by atoms with E-state index in [1.54, 1.807) is 0 Å². The van der Waals surface area contributed by atoms with Crippen molar-refractivity contribution < 1.29 is 8.42 Å². The number of hydrogen-bond acceptors (Lipinski definition) is 5. The Morgan fingerprint density at radius 3 is 2.74 bits per heavy atom. The third kappa shape index (κ3) is 4.16. The Bertz CT molecular complexity index is 563. The first kappa shape index (κ1) is 15.9. The number of nitrogens with zero attached hydrogens (tertiary/aromatic N) is 2. The Labute approximate surface area is 119 Å². The monoisotopic (exact) mass is 301 g/mol. The van der Waals surface area contributed by atoms with Gasteiger partial charge in [0.1, 0.15) is 0 Å². The predicted molar refractivity (Wildman–Crippen MR) is 73.8 cm³/mol. The summed E-state index contributed by atoms with van der Waals surface area (Å²) in [4.78, 5) is 3.87. The van der Waals surface area contributed by atoms with E-state index in [4.69, 9.17) is 5.26 Å². The maximum atomic E-state index is 12.2. The number of pyridine rings is 1. The second-order valence-corrected chi connectivity index (χ2v) is 6.45. The lowest BCUT2D eigenvalue weighted by Crippen LogP contribution is -2.31. The van der Waals surface area contributed by atoms with Gasteiger partial charge >= 0.3 is 0 Å².